The Labute approximate surface area is 325 Å². The Bertz CT molecular complexity index is 2960. The molecule has 0 N–H and O–H groups in total. The lowest BCUT2D eigenvalue weighted by Crippen LogP contribution is -2.28. The van der Waals surface area contributed by atoms with Crippen LogP contribution in [0.1, 0.15) is 22.3 Å². The van der Waals surface area contributed by atoms with Crippen LogP contribution in [-0.4, -0.2) is 9.97 Å². The van der Waals surface area contributed by atoms with Crippen LogP contribution in [0, 0.1) is 0 Å². The van der Waals surface area contributed by atoms with E-state index in [2.05, 4.69) is 164 Å². The molecule has 11 rings (SSSR count). The molecule has 0 fully saturated rings. The number of nitrogens with zero attached hydrogens (tertiary/aromatic N) is 2. The van der Waals surface area contributed by atoms with Gasteiger partial charge < -0.3 is 4.42 Å². The van der Waals surface area contributed by atoms with Crippen LogP contribution in [-0.2, 0) is 5.41 Å². The highest BCUT2D eigenvalue weighted by atomic mass is 16.3. The number of hydrogen-bond acceptors (Lipinski definition) is 3. The van der Waals surface area contributed by atoms with Crippen molar-refractivity contribution < 1.29 is 4.42 Å². The van der Waals surface area contributed by atoms with Gasteiger partial charge in [-0.2, -0.15) is 0 Å². The van der Waals surface area contributed by atoms with Crippen LogP contribution >= 0.6 is 0 Å². The molecule has 0 radical (unpaired) electrons. The largest absolute Gasteiger partial charge is 0.455 e. The molecule has 0 unspecified atom stereocenters. The fraction of sp³-hybridized carbons (Fsp3) is 0.0189. The number of para-hydroxylation sites is 1. The van der Waals surface area contributed by atoms with E-state index in [1.54, 1.807) is 0 Å². The van der Waals surface area contributed by atoms with Gasteiger partial charge in [-0.05, 0) is 68.8 Å². The van der Waals surface area contributed by atoms with Crippen molar-refractivity contribution in [3.8, 4) is 56.2 Å². The third-order valence-electron chi connectivity index (χ3n) is 11.4. The molecule has 3 heteroatoms. The fourth-order valence-electron chi connectivity index (χ4n) is 8.94. The third-order valence-corrected chi connectivity index (χ3v) is 11.4. The molecule has 8 aromatic carbocycles. The molecule has 262 valence electrons. The summed E-state index contributed by atoms with van der Waals surface area (Å²) in [6.07, 6.45) is 0. The van der Waals surface area contributed by atoms with Gasteiger partial charge in [0.15, 0.2) is 5.82 Å². The molecule has 0 saturated heterocycles. The Balaban J connectivity index is 1.17. The topological polar surface area (TPSA) is 38.9 Å². The molecule has 0 bridgehead atoms. The lowest BCUT2D eigenvalue weighted by atomic mass is 9.67. The summed E-state index contributed by atoms with van der Waals surface area (Å²) >= 11 is 0. The molecule has 10 aromatic rings. The Morgan fingerprint density at radius 3 is 1.66 bits per heavy atom. The van der Waals surface area contributed by atoms with Crippen molar-refractivity contribution >= 4 is 21.9 Å². The summed E-state index contributed by atoms with van der Waals surface area (Å²) in [7, 11) is 0. The summed E-state index contributed by atoms with van der Waals surface area (Å²) in [6, 6.07) is 73.2. The maximum atomic E-state index is 6.85. The van der Waals surface area contributed by atoms with Gasteiger partial charge in [-0.1, -0.05) is 182 Å². The van der Waals surface area contributed by atoms with E-state index in [9.17, 15) is 0 Å². The standard InChI is InChI=1S/C53H34N2O/c1-5-17-35(18-6-1)47-34-48(55-52(54-47)36-19-7-2-8-20-36)43-32-31-40(50-44-26-14-16-28-49(44)56-51(43)50)37-29-30-42-41-25-13-15-27-45(41)53(46(42)33-37,38-21-9-3-10-22-38)39-23-11-4-12-24-39/h1-34H. The quantitative estimate of drug-likeness (QED) is 0.172. The highest BCUT2D eigenvalue weighted by Crippen LogP contribution is 2.57. The summed E-state index contributed by atoms with van der Waals surface area (Å²) < 4.78 is 6.85. The van der Waals surface area contributed by atoms with E-state index >= 15 is 0 Å². The number of furan rings is 1. The average Bonchev–Trinajstić information content (AvgIpc) is 3.81. The Morgan fingerprint density at radius 1 is 0.375 bits per heavy atom. The Hall–Kier alpha value is -7.36. The van der Waals surface area contributed by atoms with E-state index in [-0.39, 0.29) is 0 Å². The van der Waals surface area contributed by atoms with Crippen LogP contribution in [0.4, 0.5) is 0 Å². The minimum Gasteiger partial charge on any atom is -0.455 e. The molecule has 0 saturated carbocycles. The number of rotatable bonds is 6. The summed E-state index contributed by atoms with van der Waals surface area (Å²) in [4.78, 5) is 10.3. The third kappa shape index (κ3) is 4.91. The van der Waals surface area contributed by atoms with E-state index in [4.69, 9.17) is 14.4 Å². The van der Waals surface area contributed by atoms with Crippen molar-refractivity contribution in [2.45, 2.75) is 5.41 Å². The highest BCUT2D eigenvalue weighted by molar-refractivity contribution is 6.16. The van der Waals surface area contributed by atoms with Gasteiger partial charge >= 0.3 is 0 Å². The predicted octanol–water partition coefficient (Wildman–Crippen LogP) is 13.4. The highest BCUT2D eigenvalue weighted by Gasteiger charge is 2.46. The van der Waals surface area contributed by atoms with Crippen LogP contribution in [0.25, 0.3) is 78.1 Å². The SMILES string of the molecule is c1ccc(-c2cc(-c3ccc(-c4ccc5c(c4)C(c4ccccc4)(c4ccccc4)c4ccccc4-5)c4c3oc3ccccc34)nc(-c3ccccc3)n2)cc1. The maximum Gasteiger partial charge on any atom is 0.160 e. The number of aromatic nitrogens is 2. The van der Waals surface area contributed by atoms with Gasteiger partial charge in [0, 0.05) is 27.5 Å². The first-order valence-electron chi connectivity index (χ1n) is 19.1. The van der Waals surface area contributed by atoms with Crippen molar-refractivity contribution in [1.29, 1.82) is 0 Å². The van der Waals surface area contributed by atoms with Gasteiger partial charge in [0.2, 0.25) is 0 Å². The minimum atomic E-state index is -0.495. The normalized spacial score (nSPS) is 12.8. The average molecular weight is 715 g/mol. The van der Waals surface area contributed by atoms with E-state index in [0.717, 1.165) is 61.1 Å². The number of hydrogen-bond donors (Lipinski definition) is 0. The first-order valence-corrected chi connectivity index (χ1v) is 19.1. The number of benzene rings is 8. The van der Waals surface area contributed by atoms with Gasteiger partial charge in [-0.25, -0.2) is 9.97 Å². The Morgan fingerprint density at radius 2 is 0.929 bits per heavy atom. The monoisotopic (exact) mass is 714 g/mol. The van der Waals surface area contributed by atoms with Crippen molar-refractivity contribution in [2.75, 3.05) is 0 Å². The molecule has 3 nitrogen and oxygen atoms in total. The van der Waals surface area contributed by atoms with Gasteiger partial charge in [0.05, 0.1) is 16.8 Å². The first kappa shape index (κ1) is 32.1. The first-order chi connectivity index (χ1) is 27.8. The molecular formula is C53H34N2O. The van der Waals surface area contributed by atoms with E-state index in [0.29, 0.717) is 5.82 Å². The molecule has 0 aliphatic heterocycles. The smallest absolute Gasteiger partial charge is 0.160 e. The second-order valence-electron chi connectivity index (χ2n) is 14.4. The second kappa shape index (κ2) is 12.9. The summed E-state index contributed by atoms with van der Waals surface area (Å²) in [5.74, 6) is 0.673. The molecule has 1 aliphatic carbocycles. The van der Waals surface area contributed by atoms with Gasteiger partial charge in [-0.15, -0.1) is 0 Å². The van der Waals surface area contributed by atoms with E-state index in [1.165, 1.54) is 33.4 Å². The van der Waals surface area contributed by atoms with E-state index < -0.39 is 5.41 Å². The lowest BCUT2D eigenvalue weighted by Gasteiger charge is -2.34. The molecule has 0 amide bonds. The zero-order valence-corrected chi connectivity index (χ0v) is 30.4. The molecule has 0 spiro atoms. The maximum absolute atomic E-state index is 6.85. The molecular weight excluding hydrogens is 681 g/mol. The Kier molecular flexibility index (Phi) is 7.39. The van der Waals surface area contributed by atoms with Gasteiger partial charge in [-0.3, -0.25) is 0 Å². The molecule has 1 aliphatic rings. The van der Waals surface area contributed by atoms with Gasteiger partial charge in [0.25, 0.3) is 0 Å². The van der Waals surface area contributed by atoms with Crippen molar-refractivity contribution in [1.82, 2.24) is 9.97 Å². The molecule has 0 atom stereocenters. The van der Waals surface area contributed by atoms with Crippen molar-refractivity contribution in [3.05, 3.63) is 229 Å². The van der Waals surface area contributed by atoms with Crippen LogP contribution in [0.3, 0.4) is 0 Å². The number of fused-ring (bicyclic) bond motifs is 6. The molecule has 2 aromatic heterocycles. The fourth-order valence-corrected chi connectivity index (χ4v) is 8.94. The van der Waals surface area contributed by atoms with Crippen LogP contribution < -0.4 is 0 Å². The van der Waals surface area contributed by atoms with Gasteiger partial charge in [0.1, 0.15) is 11.2 Å². The summed E-state index contributed by atoms with van der Waals surface area (Å²) in [5.41, 5.74) is 15.6. The van der Waals surface area contributed by atoms with Crippen LogP contribution in [0.15, 0.2) is 211 Å². The van der Waals surface area contributed by atoms with Crippen molar-refractivity contribution in [2.24, 2.45) is 0 Å². The zero-order valence-electron chi connectivity index (χ0n) is 30.4. The van der Waals surface area contributed by atoms with E-state index in [1.807, 2.05) is 42.5 Å². The molecule has 2 heterocycles. The molecule has 56 heavy (non-hydrogen) atoms. The van der Waals surface area contributed by atoms with Crippen LogP contribution in [0.5, 0.6) is 0 Å². The second-order valence-corrected chi connectivity index (χ2v) is 14.4. The van der Waals surface area contributed by atoms with Crippen LogP contribution in [0.2, 0.25) is 0 Å². The van der Waals surface area contributed by atoms with Crippen molar-refractivity contribution in [3.63, 3.8) is 0 Å². The lowest BCUT2D eigenvalue weighted by molar-refractivity contribution is 0.670. The predicted molar refractivity (Wildman–Crippen MR) is 228 cm³/mol. The summed E-state index contributed by atoms with van der Waals surface area (Å²) in [6.45, 7) is 0. The summed E-state index contributed by atoms with van der Waals surface area (Å²) in [5, 5.41) is 2.14. The minimum absolute atomic E-state index is 0.495. The zero-order chi connectivity index (χ0) is 37.1.